The van der Waals surface area contributed by atoms with E-state index >= 15 is 0 Å². The van der Waals surface area contributed by atoms with Crippen molar-refractivity contribution in [2.24, 2.45) is 0 Å². The summed E-state index contributed by atoms with van der Waals surface area (Å²) in [6.07, 6.45) is -6.00. The Morgan fingerprint density at radius 2 is 1.78 bits per heavy atom. The first-order chi connectivity index (χ1) is 21.3. The van der Waals surface area contributed by atoms with Crippen molar-refractivity contribution in [3.05, 3.63) is 92.3 Å². The number of hydrogen-bond acceptors (Lipinski definition) is 7. The molecule has 0 aliphatic carbocycles. The van der Waals surface area contributed by atoms with Gasteiger partial charge in [-0.25, -0.2) is 14.6 Å². The highest BCUT2D eigenvalue weighted by Crippen LogP contribution is 2.41. The minimum atomic E-state index is -4.52. The number of esters is 1. The molecule has 2 heterocycles. The van der Waals surface area contributed by atoms with E-state index in [1.807, 2.05) is 50.2 Å². The Bertz CT molecular complexity index is 1770. The number of amides is 1. The van der Waals surface area contributed by atoms with Gasteiger partial charge in [0.05, 0.1) is 37.6 Å². The normalized spacial score (nSPS) is 16.6. The summed E-state index contributed by atoms with van der Waals surface area (Å²) in [4.78, 5) is 32.5. The van der Waals surface area contributed by atoms with Gasteiger partial charge in [-0.05, 0) is 81.6 Å². The number of nitrogens with zero attached hydrogens (tertiary/aromatic N) is 2. The minimum absolute atomic E-state index is 0.154. The predicted molar refractivity (Wildman–Crippen MR) is 165 cm³/mol. The number of benzene rings is 3. The van der Waals surface area contributed by atoms with E-state index in [0.29, 0.717) is 22.6 Å². The third kappa shape index (κ3) is 6.54. The first-order valence-electron chi connectivity index (χ1n) is 14.4. The number of halogens is 3. The van der Waals surface area contributed by atoms with Crippen molar-refractivity contribution >= 4 is 23.4 Å². The molecule has 1 aromatic heterocycles. The Morgan fingerprint density at radius 1 is 1.02 bits per heavy atom. The molecule has 0 unspecified atom stereocenters. The minimum Gasteiger partial charge on any atom is -0.496 e. The van der Waals surface area contributed by atoms with E-state index in [9.17, 15) is 22.8 Å². The molecule has 1 aliphatic heterocycles. The molecule has 236 valence electrons. The van der Waals surface area contributed by atoms with Crippen LogP contribution >= 0.6 is 11.3 Å². The molecule has 0 spiro atoms. The van der Waals surface area contributed by atoms with Crippen LogP contribution < -0.4 is 4.74 Å². The van der Waals surface area contributed by atoms with E-state index in [1.165, 1.54) is 16.2 Å². The van der Waals surface area contributed by atoms with E-state index in [-0.39, 0.29) is 18.2 Å². The second-order valence-corrected chi connectivity index (χ2v) is 12.2. The fourth-order valence-electron chi connectivity index (χ4n) is 5.61. The average molecular weight is 639 g/mol. The first-order valence-corrected chi connectivity index (χ1v) is 15.2. The van der Waals surface area contributed by atoms with Crippen molar-refractivity contribution in [2.45, 2.75) is 59.5 Å². The van der Waals surface area contributed by atoms with Gasteiger partial charge < -0.3 is 14.2 Å². The molecular weight excluding hydrogens is 605 g/mol. The quantitative estimate of drug-likeness (QED) is 0.180. The average Bonchev–Trinajstić information content (AvgIpc) is 3.51. The number of methoxy groups -OCH3 is 1. The molecule has 0 N–H and O–H groups in total. The molecule has 2 atom stereocenters. The van der Waals surface area contributed by atoms with E-state index in [1.54, 1.807) is 33.9 Å². The van der Waals surface area contributed by atoms with Crippen LogP contribution in [0, 0.1) is 20.8 Å². The maximum absolute atomic E-state index is 13.6. The molecule has 5 rings (SSSR count). The number of aromatic nitrogens is 1. The van der Waals surface area contributed by atoms with Crippen molar-refractivity contribution in [1.29, 1.82) is 0 Å². The topological polar surface area (TPSA) is 78.0 Å². The maximum Gasteiger partial charge on any atom is 0.416 e. The number of rotatable bonds is 8. The van der Waals surface area contributed by atoms with Gasteiger partial charge in [-0.15, -0.1) is 11.3 Å². The highest BCUT2D eigenvalue weighted by atomic mass is 32.1. The molecule has 4 aromatic rings. The first kappa shape index (κ1) is 32.0. The van der Waals surface area contributed by atoms with Gasteiger partial charge in [0.15, 0.2) is 0 Å². The summed E-state index contributed by atoms with van der Waals surface area (Å²) < 4.78 is 57.2. The van der Waals surface area contributed by atoms with Crippen LogP contribution in [0.3, 0.4) is 0 Å². The maximum atomic E-state index is 13.6. The number of thiazole rings is 1. The number of ether oxygens (including phenoxy) is 3. The Kier molecular flexibility index (Phi) is 8.93. The summed E-state index contributed by atoms with van der Waals surface area (Å²) in [5.41, 5.74) is 4.69. The Hall–Kier alpha value is -4.38. The molecule has 45 heavy (non-hydrogen) atoms. The van der Waals surface area contributed by atoms with Crippen molar-refractivity contribution in [1.82, 2.24) is 9.88 Å². The zero-order valence-electron chi connectivity index (χ0n) is 25.7. The second-order valence-electron chi connectivity index (χ2n) is 11.0. The molecule has 1 fully saturated rings. The standard InChI is InChI=1S/C34H33F3N2O5S/c1-7-43-32(40)31-38-29(21(5)45-31)22-9-11-28(42-6)27(16-22)26-10-8-18(2)12-24(26)17-39-20(4)30(44-33(39)41)23-13-19(3)14-25(15-23)34(35,36)37/h8-16,20,30H,7,17H2,1-6H3/t20-,30-/m0/s1. The Labute approximate surface area is 263 Å². The van der Waals surface area contributed by atoms with Gasteiger partial charge in [0.25, 0.3) is 0 Å². The summed E-state index contributed by atoms with van der Waals surface area (Å²) in [7, 11) is 1.57. The van der Waals surface area contributed by atoms with Gasteiger partial charge in [0.1, 0.15) is 11.9 Å². The fraction of sp³-hybridized carbons (Fsp3) is 0.324. The van der Waals surface area contributed by atoms with Crippen LogP contribution in [0.4, 0.5) is 18.0 Å². The van der Waals surface area contributed by atoms with Crippen LogP contribution in [0.1, 0.15) is 62.4 Å². The lowest BCUT2D eigenvalue weighted by Crippen LogP contribution is -2.31. The Balaban J connectivity index is 1.51. The number of aryl methyl sites for hydroxylation is 3. The number of carbonyl (C=O) groups is 2. The van der Waals surface area contributed by atoms with Crippen LogP contribution in [-0.4, -0.2) is 41.7 Å². The van der Waals surface area contributed by atoms with Crippen LogP contribution in [0.2, 0.25) is 0 Å². The molecule has 11 heteroatoms. The SMILES string of the molecule is CCOC(=O)c1nc(-c2ccc(OC)c(-c3ccc(C)cc3CN3C(=O)O[C@H](c4cc(C)cc(C(F)(F)F)c4)[C@@H]3C)c2)c(C)s1. The van der Waals surface area contributed by atoms with Crippen molar-refractivity contribution < 1.29 is 37.0 Å². The highest BCUT2D eigenvalue weighted by molar-refractivity contribution is 7.13. The fourth-order valence-corrected chi connectivity index (χ4v) is 6.44. The van der Waals surface area contributed by atoms with Gasteiger partial charge in [0.2, 0.25) is 5.01 Å². The molecule has 1 amide bonds. The third-order valence-corrected chi connectivity index (χ3v) is 8.71. The second kappa shape index (κ2) is 12.5. The summed E-state index contributed by atoms with van der Waals surface area (Å²) in [6.45, 7) is 9.33. The van der Waals surface area contributed by atoms with Crippen LogP contribution in [-0.2, 0) is 22.2 Å². The molecule has 1 saturated heterocycles. The number of alkyl halides is 3. The summed E-state index contributed by atoms with van der Waals surface area (Å²) in [6, 6.07) is 14.7. The number of carbonyl (C=O) groups excluding carboxylic acids is 2. The molecular formula is C34H33F3N2O5S. The summed E-state index contributed by atoms with van der Waals surface area (Å²) >= 11 is 1.26. The van der Waals surface area contributed by atoms with Crippen molar-refractivity contribution in [3.8, 4) is 28.1 Å². The van der Waals surface area contributed by atoms with Gasteiger partial charge >= 0.3 is 18.2 Å². The summed E-state index contributed by atoms with van der Waals surface area (Å²) in [5.74, 6) is 0.119. The van der Waals surface area contributed by atoms with E-state index in [0.717, 1.165) is 44.8 Å². The molecule has 0 saturated carbocycles. The molecule has 1 aliphatic rings. The number of cyclic esters (lactones) is 1. The highest BCUT2D eigenvalue weighted by Gasteiger charge is 2.41. The lowest BCUT2D eigenvalue weighted by atomic mass is 9.94. The third-order valence-electron chi connectivity index (χ3n) is 7.76. The van der Waals surface area contributed by atoms with E-state index in [4.69, 9.17) is 14.2 Å². The van der Waals surface area contributed by atoms with Gasteiger partial charge in [-0.1, -0.05) is 35.4 Å². The van der Waals surface area contributed by atoms with Crippen molar-refractivity contribution in [3.63, 3.8) is 0 Å². The van der Waals surface area contributed by atoms with Crippen molar-refractivity contribution in [2.75, 3.05) is 13.7 Å². The zero-order valence-corrected chi connectivity index (χ0v) is 26.6. The van der Waals surface area contributed by atoms with Gasteiger partial charge in [-0.2, -0.15) is 13.2 Å². The van der Waals surface area contributed by atoms with E-state index in [2.05, 4.69) is 4.98 Å². The van der Waals surface area contributed by atoms with Crippen LogP contribution in [0.15, 0.2) is 54.6 Å². The molecule has 7 nitrogen and oxygen atoms in total. The van der Waals surface area contributed by atoms with Crippen LogP contribution in [0.25, 0.3) is 22.4 Å². The largest absolute Gasteiger partial charge is 0.496 e. The smallest absolute Gasteiger partial charge is 0.416 e. The Morgan fingerprint density at radius 3 is 2.47 bits per heavy atom. The van der Waals surface area contributed by atoms with Gasteiger partial charge in [0, 0.05) is 16.0 Å². The lowest BCUT2D eigenvalue weighted by Gasteiger charge is -2.24. The van der Waals surface area contributed by atoms with E-state index < -0.39 is 35.9 Å². The number of hydrogen-bond donors (Lipinski definition) is 0. The van der Waals surface area contributed by atoms with Gasteiger partial charge in [-0.3, -0.25) is 4.90 Å². The zero-order chi connectivity index (χ0) is 32.6. The monoisotopic (exact) mass is 638 g/mol. The molecule has 3 aromatic carbocycles. The molecule has 0 bridgehead atoms. The predicted octanol–water partition coefficient (Wildman–Crippen LogP) is 8.69. The lowest BCUT2D eigenvalue weighted by molar-refractivity contribution is -0.137. The van der Waals surface area contributed by atoms with Crippen LogP contribution in [0.5, 0.6) is 5.75 Å². The summed E-state index contributed by atoms with van der Waals surface area (Å²) in [5, 5.41) is 0.268. The molecule has 0 radical (unpaired) electrons.